The molecule has 2 fully saturated rings. The molecule has 0 aliphatic heterocycles. The third kappa shape index (κ3) is 2.56. The number of nitrogens with zero attached hydrogens (tertiary/aromatic N) is 1. The van der Waals surface area contributed by atoms with Crippen LogP contribution in [0.3, 0.4) is 0 Å². The van der Waals surface area contributed by atoms with Crippen LogP contribution in [0.15, 0.2) is 12.2 Å². The summed E-state index contributed by atoms with van der Waals surface area (Å²) in [6, 6.07) is 0. The number of hydrogen-bond donors (Lipinski definition) is 2. The molecule has 2 saturated carbocycles. The fourth-order valence-corrected chi connectivity index (χ4v) is 7.88. The van der Waals surface area contributed by atoms with Gasteiger partial charge in [-0.3, -0.25) is 0 Å². The van der Waals surface area contributed by atoms with Crippen LogP contribution in [0, 0.1) is 41.4 Å². The van der Waals surface area contributed by atoms with Crippen molar-refractivity contribution in [1.82, 2.24) is 4.98 Å². The minimum atomic E-state index is 0.0410. The Kier molecular flexibility index (Phi) is 4.61. The number of aromatic nitrogens is 1. The van der Waals surface area contributed by atoms with E-state index in [1.54, 1.807) is 0 Å². The van der Waals surface area contributed by atoms with Crippen LogP contribution in [0.5, 0.6) is 0 Å². The lowest BCUT2D eigenvalue weighted by atomic mass is 9.50. The zero-order valence-corrected chi connectivity index (χ0v) is 17.2. The SMILES string of the molecule is C=C1CC[C@H]2[C@H](CO)[C@@H](C3(C)Cc4sc(C)nc4CC3CO)CC[C@]12C. The number of thiazole rings is 1. The fraction of sp³-hybridized carbons (Fsp3) is 0.773. The first-order chi connectivity index (χ1) is 12.3. The average Bonchev–Trinajstić information content (AvgIpc) is 3.11. The fourth-order valence-electron chi connectivity index (χ4n) is 6.74. The molecule has 0 amide bonds. The minimum Gasteiger partial charge on any atom is -0.396 e. The van der Waals surface area contributed by atoms with Crippen molar-refractivity contribution in [1.29, 1.82) is 0 Å². The second-order valence-corrected chi connectivity index (χ2v) is 10.8. The Labute approximate surface area is 161 Å². The summed E-state index contributed by atoms with van der Waals surface area (Å²) in [6.45, 7) is 11.7. The van der Waals surface area contributed by atoms with Crippen LogP contribution in [0.2, 0.25) is 0 Å². The summed E-state index contributed by atoms with van der Waals surface area (Å²) in [5, 5.41) is 21.8. The van der Waals surface area contributed by atoms with Gasteiger partial charge in [-0.1, -0.05) is 26.0 Å². The molecule has 26 heavy (non-hydrogen) atoms. The molecular formula is C22H33NO2S. The summed E-state index contributed by atoms with van der Waals surface area (Å²) in [5.74, 6) is 1.57. The molecule has 0 bridgehead atoms. The van der Waals surface area contributed by atoms with Crippen molar-refractivity contribution in [3.8, 4) is 0 Å². The second kappa shape index (κ2) is 6.42. The first-order valence-electron chi connectivity index (χ1n) is 10.2. The van der Waals surface area contributed by atoms with Gasteiger partial charge in [0.2, 0.25) is 0 Å². The molecule has 6 atom stereocenters. The number of fused-ring (bicyclic) bond motifs is 2. The van der Waals surface area contributed by atoms with Gasteiger partial charge in [0.25, 0.3) is 0 Å². The monoisotopic (exact) mass is 375 g/mol. The lowest BCUT2D eigenvalue weighted by Gasteiger charge is -2.55. The Morgan fingerprint density at radius 3 is 2.65 bits per heavy atom. The van der Waals surface area contributed by atoms with E-state index in [1.807, 2.05) is 11.3 Å². The summed E-state index contributed by atoms with van der Waals surface area (Å²) in [6.07, 6.45) is 6.49. The van der Waals surface area contributed by atoms with Crippen molar-refractivity contribution in [2.45, 2.75) is 59.3 Å². The van der Waals surface area contributed by atoms with Crippen LogP contribution in [-0.2, 0) is 12.8 Å². The average molecular weight is 376 g/mol. The molecule has 2 N–H and O–H groups in total. The molecule has 4 heteroatoms. The zero-order valence-electron chi connectivity index (χ0n) is 16.4. The van der Waals surface area contributed by atoms with Crippen molar-refractivity contribution >= 4 is 11.3 Å². The molecule has 0 radical (unpaired) electrons. The molecule has 1 aromatic heterocycles. The van der Waals surface area contributed by atoms with Crippen LogP contribution < -0.4 is 0 Å². The van der Waals surface area contributed by atoms with E-state index >= 15 is 0 Å². The van der Waals surface area contributed by atoms with Crippen LogP contribution >= 0.6 is 11.3 Å². The molecule has 1 heterocycles. The normalized spacial score (nSPS) is 42.6. The molecule has 3 aliphatic rings. The summed E-state index contributed by atoms with van der Waals surface area (Å²) < 4.78 is 0. The molecular weight excluding hydrogens is 342 g/mol. The van der Waals surface area contributed by atoms with E-state index in [-0.39, 0.29) is 30.0 Å². The predicted octanol–water partition coefficient (Wildman–Crippen LogP) is 4.16. The minimum absolute atomic E-state index is 0.0410. The quantitative estimate of drug-likeness (QED) is 0.780. The highest BCUT2D eigenvalue weighted by Crippen LogP contribution is 2.63. The summed E-state index contributed by atoms with van der Waals surface area (Å²) >= 11 is 1.83. The van der Waals surface area contributed by atoms with Gasteiger partial charge in [-0.25, -0.2) is 4.98 Å². The Morgan fingerprint density at radius 2 is 1.96 bits per heavy atom. The number of hydrogen-bond acceptors (Lipinski definition) is 4. The molecule has 2 unspecified atom stereocenters. The van der Waals surface area contributed by atoms with Gasteiger partial charge in [0, 0.05) is 18.1 Å². The van der Waals surface area contributed by atoms with E-state index < -0.39 is 0 Å². The van der Waals surface area contributed by atoms with Crippen molar-refractivity contribution < 1.29 is 10.2 Å². The highest BCUT2D eigenvalue weighted by atomic mass is 32.1. The van der Waals surface area contributed by atoms with Gasteiger partial charge in [0.05, 0.1) is 10.7 Å². The van der Waals surface area contributed by atoms with Gasteiger partial charge in [-0.2, -0.15) is 0 Å². The Hall–Kier alpha value is -0.710. The largest absolute Gasteiger partial charge is 0.396 e. The molecule has 0 aromatic carbocycles. The standard InChI is InChI=1S/C22H33NO2S/c1-13-5-6-17-16(12-25)18(7-8-21(13,17)3)22(4)10-20-19(9-15(22)11-24)23-14(2)26-20/h15-18,24-25H,1,5-12H2,2-4H3/t15?,16-,17-,18-,21+,22?/m0/s1. The molecule has 3 nitrogen and oxygen atoms in total. The number of rotatable bonds is 3. The van der Waals surface area contributed by atoms with E-state index in [0.717, 1.165) is 30.7 Å². The number of aryl methyl sites for hydroxylation is 1. The molecule has 0 spiro atoms. The predicted molar refractivity (Wildman–Crippen MR) is 106 cm³/mol. The van der Waals surface area contributed by atoms with Gasteiger partial charge in [-0.05, 0) is 80.0 Å². The molecule has 144 valence electrons. The number of aliphatic hydroxyl groups is 2. The lowest BCUT2D eigenvalue weighted by Crippen LogP contribution is -2.52. The third-order valence-corrected chi connectivity index (χ3v) is 9.48. The van der Waals surface area contributed by atoms with Gasteiger partial charge in [0.1, 0.15) is 0 Å². The van der Waals surface area contributed by atoms with Gasteiger partial charge in [-0.15, -0.1) is 11.3 Å². The van der Waals surface area contributed by atoms with Gasteiger partial charge in [0.15, 0.2) is 0 Å². The summed E-state index contributed by atoms with van der Waals surface area (Å²) in [7, 11) is 0. The van der Waals surface area contributed by atoms with Crippen LogP contribution in [0.4, 0.5) is 0 Å². The first-order valence-corrected chi connectivity index (χ1v) is 11.0. The van der Waals surface area contributed by atoms with Crippen molar-refractivity contribution in [2.75, 3.05) is 13.2 Å². The third-order valence-electron chi connectivity index (χ3n) is 8.47. The van der Waals surface area contributed by atoms with Crippen molar-refractivity contribution in [3.05, 3.63) is 27.7 Å². The van der Waals surface area contributed by atoms with Gasteiger partial charge < -0.3 is 10.2 Å². The zero-order chi connectivity index (χ0) is 18.7. The summed E-state index contributed by atoms with van der Waals surface area (Å²) in [4.78, 5) is 6.13. The maximum atomic E-state index is 10.4. The first kappa shape index (κ1) is 18.6. The molecule has 0 saturated heterocycles. The highest BCUT2D eigenvalue weighted by molar-refractivity contribution is 7.11. The summed E-state index contributed by atoms with van der Waals surface area (Å²) in [5.41, 5.74) is 2.85. The van der Waals surface area contributed by atoms with E-state index in [2.05, 4.69) is 27.4 Å². The maximum Gasteiger partial charge on any atom is 0.0900 e. The van der Waals surface area contributed by atoms with E-state index in [0.29, 0.717) is 17.8 Å². The van der Waals surface area contributed by atoms with E-state index in [1.165, 1.54) is 29.0 Å². The second-order valence-electron chi connectivity index (χ2n) is 9.53. The molecule has 3 aliphatic carbocycles. The molecule has 4 rings (SSSR count). The van der Waals surface area contributed by atoms with Gasteiger partial charge >= 0.3 is 0 Å². The van der Waals surface area contributed by atoms with Crippen molar-refractivity contribution in [3.63, 3.8) is 0 Å². The maximum absolute atomic E-state index is 10.4. The van der Waals surface area contributed by atoms with Crippen LogP contribution in [-0.4, -0.2) is 28.4 Å². The van der Waals surface area contributed by atoms with Crippen molar-refractivity contribution in [2.24, 2.45) is 34.5 Å². The van der Waals surface area contributed by atoms with E-state index in [9.17, 15) is 10.2 Å². The lowest BCUT2D eigenvalue weighted by molar-refractivity contribution is -0.0733. The van der Waals surface area contributed by atoms with E-state index in [4.69, 9.17) is 4.98 Å². The Morgan fingerprint density at radius 1 is 1.19 bits per heavy atom. The molecule has 1 aromatic rings. The smallest absolute Gasteiger partial charge is 0.0900 e. The Bertz CT molecular complexity index is 713. The number of allylic oxidation sites excluding steroid dienone is 1. The highest BCUT2D eigenvalue weighted by Gasteiger charge is 2.56. The number of aliphatic hydroxyl groups excluding tert-OH is 2. The Balaban J connectivity index is 1.70. The van der Waals surface area contributed by atoms with Crippen LogP contribution in [0.25, 0.3) is 0 Å². The topological polar surface area (TPSA) is 53.4 Å². The van der Waals surface area contributed by atoms with Crippen LogP contribution in [0.1, 0.15) is 55.1 Å².